The summed E-state index contributed by atoms with van der Waals surface area (Å²) in [6.07, 6.45) is 5.92. The molecular formula is C13H16N4O. The lowest BCUT2D eigenvalue weighted by Gasteiger charge is -2.21. The monoisotopic (exact) mass is 244 g/mol. The lowest BCUT2D eigenvalue weighted by molar-refractivity contribution is 0.112. The minimum atomic E-state index is 0.623. The Morgan fingerprint density at radius 2 is 2.44 bits per heavy atom. The fourth-order valence-electron chi connectivity index (χ4n) is 2.46. The third kappa shape index (κ3) is 2.26. The summed E-state index contributed by atoms with van der Waals surface area (Å²) in [5, 5.41) is 7.83. The van der Waals surface area contributed by atoms with E-state index in [1.807, 2.05) is 6.07 Å². The molecule has 94 valence electrons. The molecule has 3 rings (SSSR count). The SMILES string of the molecule is O=Cc1ccc2nc(CC3CCCNC3)nn2c1. The molecular weight excluding hydrogens is 228 g/mol. The van der Waals surface area contributed by atoms with Crippen LogP contribution in [0.2, 0.25) is 0 Å². The topological polar surface area (TPSA) is 59.3 Å². The second kappa shape index (κ2) is 4.86. The highest BCUT2D eigenvalue weighted by Crippen LogP contribution is 2.15. The molecule has 0 bridgehead atoms. The smallest absolute Gasteiger partial charge is 0.155 e. The van der Waals surface area contributed by atoms with Gasteiger partial charge in [0.2, 0.25) is 0 Å². The number of carbonyl (C=O) groups excluding carboxylic acids is 1. The van der Waals surface area contributed by atoms with E-state index in [-0.39, 0.29) is 0 Å². The van der Waals surface area contributed by atoms with Crippen molar-refractivity contribution in [2.75, 3.05) is 13.1 Å². The average molecular weight is 244 g/mol. The van der Waals surface area contributed by atoms with Gasteiger partial charge in [-0.25, -0.2) is 9.50 Å². The molecule has 1 fully saturated rings. The molecule has 1 atom stereocenters. The number of piperidine rings is 1. The molecule has 2 aromatic heterocycles. The number of nitrogens with zero attached hydrogens (tertiary/aromatic N) is 3. The maximum atomic E-state index is 10.7. The van der Waals surface area contributed by atoms with E-state index in [0.29, 0.717) is 11.5 Å². The Morgan fingerprint density at radius 1 is 1.50 bits per heavy atom. The van der Waals surface area contributed by atoms with Gasteiger partial charge >= 0.3 is 0 Å². The number of aldehydes is 1. The van der Waals surface area contributed by atoms with Crippen molar-refractivity contribution in [3.05, 3.63) is 29.7 Å². The molecule has 0 radical (unpaired) electrons. The van der Waals surface area contributed by atoms with Crippen molar-refractivity contribution in [1.29, 1.82) is 0 Å². The quantitative estimate of drug-likeness (QED) is 0.821. The van der Waals surface area contributed by atoms with Crippen LogP contribution >= 0.6 is 0 Å². The first kappa shape index (κ1) is 11.3. The lowest BCUT2D eigenvalue weighted by Crippen LogP contribution is -2.31. The summed E-state index contributed by atoms with van der Waals surface area (Å²) in [4.78, 5) is 15.2. The average Bonchev–Trinajstić information content (AvgIpc) is 2.80. The van der Waals surface area contributed by atoms with Crippen LogP contribution in [0, 0.1) is 5.92 Å². The van der Waals surface area contributed by atoms with E-state index in [9.17, 15) is 4.79 Å². The second-order valence-electron chi connectivity index (χ2n) is 4.83. The first-order valence-electron chi connectivity index (χ1n) is 6.36. The van der Waals surface area contributed by atoms with Crippen molar-refractivity contribution >= 4 is 11.9 Å². The van der Waals surface area contributed by atoms with Crippen molar-refractivity contribution in [1.82, 2.24) is 19.9 Å². The van der Waals surface area contributed by atoms with Gasteiger partial charge in [0.05, 0.1) is 0 Å². The van der Waals surface area contributed by atoms with Crippen LogP contribution in [0.4, 0.5) is 0 Å². The molecule has 0 aliphatic carbocycles. The van der Waals surface area contributed by atoms with Crippen LogP contribution in [0.25, 0.3) is 5.65 Å². The first-order valence-corrected chi connectivity index (χ1v) is 6.36. The van der Waals surface area contributed by atoms with Gasteiger partial charge in [0.25, 0.3) is 0 Å². The van der Waals surface area contributed by atoms with E-state index in [1.54, 1.807) is 16.8 Å². The highest BCUT2D eigenvalue weighted by Gasteiger charge is 2.16. The fourth-order valence-corrected chi connectivity index (χ4v) is 2.46. The van der Waals surface area contributed by atoms with Crippen LogP contribution in [0.15, 0.2) is 18.3 Å². The Hall–Kier alpha value is -1.75. The van der Waals surface area contributed by atoms with Crippen LogP contribution in [0.1, 0.15) is 29.0 Å². The largest absolute Gasteiger partial charge is 0.316 e. The Labute approximate surface area is 105 Å². The van der Waals surface area contributed by atoms with Crippen LogP contribution in [0.5, 0.6) is 0 Å². The molecule has 0 saturated carbocycles. The summed E-state index contributed by atoms with van der Waals surface area (Å²) >= 11 is 0. The van der Waals surface area contributed by atoms with Gasteiger partial charge in [-0.1, -0.05) is 0 Å². The number of hydrogen-bond donors (Lipinski definition) is 1. The minimum Gasteiger partial charge on any atom is -0.316 e. The molecule has 0 amide bonds. The molecule has 3 heterocycles. The van der Waals surface area contributed by atoms with Gasteiger partial charge in [0.1, 0.15) is 0 Å². The molecule has 1 aliphatic rings. The third-order valence-corrected chi connectivity index (χ3v) is 3.40. The zero-order valence-electron chi connectivity index (χ0n) is 10.2. The van der Waals surface area contributed by atoms with Crippen molar-refractivity contribution in [3.8, 4) is 0 Å². The summed E-state index contributed by atoms with van der Waals surface area (Å²) in [6, 6.07) is 3.60. The van der Waals surface area contributed by atoms with Crippen LogP contribution in [0.3, 0.4) is 0 Å². The van der Waals surface area contributed by atoms with Gasteiger partial charge in [-0.05, 0) is 44.0 Å². The van der Waals surface area contributed by atoms with Crippen molar-refractivity contribution in [3.63, 3.8) is 0 Å². The highest BCUT2D eigenvalue weighted by molar-refractivity contribution is 5.74. The van der Waals surface area contributed by atoms with Gasteiger partial charge in [-0.3, -0.25) is 4.79 Å². The Balaban J connectivity index is 1.81. The van der Waals surface area contributed by atoms with E-state index in [2.05, 4.69) is 15.4 Å². The van der Waals surface area contributed by atoms with Crippen molar-refractivity contribution < 1.29 is 4.79 Å². The lowest BCUT2D eigenvalue weighted by atomic mass is 9.96. The standard InChI is InChI=1S/C13H16N4O/c18-9-11-3-4-13-15-12(16-17(13)8-11)6-10-2-1-5-14-7-10/h3-4,8-10,14H,1-2,5-7H2. The fraction of sp³-hybridized carbons (Fsp3) is 0.462. The van der Waals surface area contributed by atoms with E-state index in [4.69, 9.17) is 0 Å². The van der Waals surface area contributed by atoms with Gasteiger partial charge in [-0.15, -0.1) is 0 Å². The zero-order chi connectivity index (χ0) is 12.4. The number of pyridine rings is 1. The summed E-state index contributed by atoms with van der Waals surface area (Å²) in [7, 11) is 0. The normalized spacial score (nSPS) is 20.1. The van der Waals surface area contributed by atoms with E-state index in [0.717, 1.165) is 37.3 Å². The molecule has 1 aliphatic heterocycles. The summed E-state index contributed by atoms with van der Waals surface area (Å²) in [5.74, 6) is 1.49. The minimum absolute atomic E-state index is 0.623. The molecule has 0 spiro atoms. The van der Waals surface area contributed by atoms with Gasteiger partial charge < -0.3 is 5.32 Å². The first-order chi connectivity index (χ1) is 8.85. The molecule has 0 aromatic carbocycles. The van der Waals surface area contributed by atoms with E-state index in [1.165, 1.54) is 12.8 Å². The number of nitrogens with one attached hydrogen (secondary N) is 1. The number of fused-ring (bicyclic) bond motifs is 1. The molecule has 5 heteroatoms. The summed E-state index contributed by atoms with van der Waals surface area (Å²) < 4.78 is 1.69. The Bertz CT molecular complexity index is 557. The van der Waals surface area contributed by atoms with Crippen LogP contribution < -0.4 is 5.32 Å². The summed E-state index contributed by atoms with van der Waals surface area (Å²) in [6.45, 7) is 2.17. The maximum absolute atomic E-state index is 10.7. The number of hydrogen-bond acceptors (Lipinski definition) is 4. The van der Waals surface area contributed by atoms with Crippen LogP contribution in [-0.2, 0) is 6.42 Å². The number of aromatic nitrogens is 3. The predicted molar refractivity (Wildman–Crippen MR) is 67.7 cm³/mol. The molecule has 1 N–H and O–H groups in total. The predicted octanol–water partition coefficient (Wildman–Crippen LogP) is 1.08. The van der Waals surface area contributed by atoms with Crippen molar-refractivity contribution in [2.24, 2.45) is 5.92 Å². The third-order valence-electron chi connectivity index (χ3n) is 3.40. The number of rotatable bonds is 3. The zero-order valence-corrected chi connectivity index (χ0v) is 10.2. The highest BCUT2D eigenvalue weighted by atomic mass is 16.1. The van der Waals surface area contributed by atoms with E-state index < -0.39 is 0 Å². The molecule has 18 heavy (non-hydrogen) atoms. The Kier molecular flexibility index (Phi) is 3.06. The molecule has 2 aromatic rings. The maximum Gasteiger partial charge on any atom is 0.155 e. The number of carbonyl (C=O) groups is 1. The van der Waals surface area contributed by atoms with E-state index >= 15 is 0 Å². The Morgan fingerprint density at radius 3 is 3.22 bits per heavy atom. The van der Waals surface area contributed by atoms with Gasteiger partial charge in [0.15, 0.2) is 17.8 Å². The summed E-state index contributed by atoms with van der Waals surface area (Å²) in [5.41, 5.74) is 1.43. The molecule has 1 saturated heterocycles. The van der Waals surface area contributed by atoms with Gasteiger partial charge in [-0.2, -0.15) is 5.10 Å². The second-order valence-corrected chi connectivity index (χ2v) is 4.83. The molecule has 1 unspecified atom stereocenters. The van der Waals surface area contributed by atoms with Crippen LogP contribution in [-0.4, -0.2) is 34.0 Å². The molecule has 5 nitrogen and oxygen atoms in total. The van der Waals surface area contributed by atoms with Crippen molar-refractivity contribution in [2.45, 2.75) is 19.3 Å². The van der Waals surface area contributed by atoms with Gasteiger partial charge in [0, 0.05) is 18.2 Å².